The van der Waals surface area contributed by atoms with E-state index in [0.717, 1.165) is 17.3 Å². The molecule has 0 spiro atoms. The highest BCUT2D eigenvalue weighted by Gasteiger charge is 2.12. The van der Waals surface area contributed by atoms with Gasteiger partial charge in [-0.2, -0.15) is 5.10 Å². The molecule has 3 rings (SSSR count). The van der Waals surface area contributed by atoms with Crippen molar-refractivity contribution < 1.29 is 9.59 Å². The van der Waals surface area contributed by atoms with E-state index in [1.165, 1.54) is 11.6 Å². The van der Waals surface area contributed by atoms with Crippen molar-refractivity contribution in [2.45, 2.75) is 12.1 Å². The Labute approximate surface area is 170 Å². The van der Waals surface area contributed by atoms with Crippen LogP contribution in [0.1, 0.15) is 22.8 Å². The van der Waals surface area contributed by atoms with Crippen molar-refractivity contribution >= 4 is 41.3 Å². The number of hydrogen-bond acceptors (Lipinski definition) is 9. The zero-order chi connectivity index (χ0) is 20.6. The van der Waals surface area contributed by atoms with Crippen LogP contribution >= 0.6 is 11.8 Å². The summed E-state index contributed by atoms with van der Waals surface area (Å²) in [5.41, 5.74) is 4.68. The summed E-state index contributed by atoms with van der Waals surface area (Å²) in [6.07, 6.45) is 4.90. The van der Waals surface area contributed by atoms with Crippen LogP contribution in [0.25, 0.3) is 0 Å². The summed E-state index contributed by atoms with van der Waals surface area (Å²) in [6, 6.07) is 10.3. The van der Waals surface area contributed by atoms with Crippen LogP contribution in [0.2, 0.25) is 0 Å². The molecule has 0 fully saturated rings. The van der Waals surface area contributed by atoms with Gasteiger partial charge in [0.15, 0.2) is 5.78 Å². The van der Waals surface area contributed by atoms with Crippen molar-refractivity contribution in [3.8, 4) is 0 Å². The SMILES string of the molecule is CC(=O)c1ccc(NC(=O)CSc2nnc(N/N=C/c3cccnc3)n2N)cc1. The normalized spacial score (nSPS) is 10.8. The molecule has 0 aliphatic heterocycles. The molecule has 2 heterocycles. The number of Topliss-reactive ketones (excluding diaryl/α,β-unsaturated/α-hetero) is 1. The van der Waals surface area contributed by atoms with E-state index in [9.17, 15) is 9.59 Å². The number of ketones is 1. The number of thioether (sulfide) groups is 1. The second kappa shape index (κ2) is 9.46. The summed E-state index contributed by atoms with van der Waals surface area (Å²) in [4.78, 5) is 27.4. The molecule has 0 bridgehead atoms. The first-order chi connectivity index (χ1) is 14.0. The lowest BCUT2D eigenvalue weighted by atomic mass is 10.1. The first kappa shape index (κ1) is 20.0. The van der Waals surface area contributed by atoms with Gasteiger partial charge in [0.25, 0.3) is 5.95 Å². The number of benzene rings is 1. The van der Waals surface area contributed by atoms with Gasteiger partial charge >= 0.3 is 0 Å². The van der Waals surface area contributed by atoms with E-state index < -0.39 is 0 Å². The molecular formula is C18H18N8O2S. The Hall–Kier alpha value is -3.73. The summed E-state index contributed by atoms with van der Waals surface area (Å²) in [5, 5.41) is 15.0. The molecule has 0 saturated carbocycles. The number of nitrogen functional groups attached to an aromatic ring is 1. The number of aromatic nitrogens is 4. The number of nitrogens with two attached hydrogens (primary N) is 1. The van der Waals surface area contributed by atoms with Crippen LogP contribution in [0.3, 0.4) is 0 Å². The Morgan fingerprint density at radius 1 is 1.24 bits per heavy atom. The Balaban J connectivity index is 1.51. The molecule has 0 radical (unpaired) electrons. The van der Waals surface area contributed by atoms with Crippen LogP contribution in [0, 0.1) is 0 Å². The van der Waals surface area contributed by atoms with E-state index in [4.69, 9.17) is 5.84 Å². The summed E-state index contributed by atoms with van der Waals surface area (Å²) >= 11 is 1.13. The Kier molecular flexibility index (Phi) is 6.53. The maximum absolute atomic E-state index is 12.1. The maximum Gasteiger partial charge on any atom is 0.264 e. The average molecular weight is 410 g/mol. The highest BCUT2D eigenvalue weighted by Crippen LogP contribution is 2.17. The highest BCUT2D eigenvalue weighted by atomic mass is 32.2. The van der Waals surface area contributed by atoms with Crippen molar-refractivity contribution in [2.24, 2.45) is 5.10 Å². The van der Waals surface area contributed by atoms with Crippen LogP contribution in [0.5, 0.6) is 0 Å². The molecule has 0 aliphatic rings. The van der Waals surface area contributed by atoms with Crippen molar-refractivity contribution in [1.82, 2.24) is 19.9 Å². The molecule has 0 aliphatic carbocycles. The summed E-state index contributed by atoms with van der Waals surface area (Å²) in [6.45, 7) is 1.49. The maximum atomic E-state index is 12.1. The minimum absolute atomic E-state index is 0.0325. The van der Waals surface area contributed by atoms with E-state index in [-0.39, 0.29) is 23.4 Å². The topological polar surface area (TPSA) is 140 Å². The Bertz CT molecular complexity index is 1020. The van der Waals surface area contributed by atoms with Gasteiger partial charge < -0.3 is 11.2 Å². The number of carbonyl (C=O) groups is 2. The molecule has 0 saturated heterocycles. The lowest BCUT2D eigenvalue weighted by Gasteiger charge is -2.06. The van der Waals surface area contributed by atoms with Gasteiger partial charge in [-0.25, -0.2) is 10.1 Å². The fraction of sp³-hybridized carbons (Fsp3) is 0.111. The number of hydrazone groups is 1. The monoisotopic (exact) mass is 410 g/mol. The van der Waals surface area contributed by atoms with Gasteiger partial charge in [0.2, 0.25) is 11.1 Å². The zero-order valence-corrected chi connectivity index (χ0v) is 16.3. The Morgan fingerprint density at radius 3 is 2.72 bits per heavy atom. The van der Waals surface area contributed by atoms with Gasteiger partial charge in [0, 0.05) is 29.2 Å². The molecule has 148 valence electrons. The predicted octanol–water partition coefficient (Wildman–Crippen LogP) is 1.77. The number of rotatable bonds is 8. The molecule has 11 heteroatoms. The van der Waals surface area contributed by atoms with Gasteiger partial charge in [-0.3, -0.25) is 14.6 Å². The molecule has 1 aromatic carbocycles. The summed E-state index contributed by atoms with van der Waals surface area (Å²) in [7, 11) is 0. The molecule has 0 atom stereocenters. The third-order valence-electron chi connectivity index (χ3n) is 3.63. The largest absolute Gasteiger partial charge is 0.334 e. The fourth-order valence-corrected chi connectivity index (χ4v) is 2.84. The lowest BCUT2D eigenvalue weighted by molar-refractivity contribution is -0.113. The first-order valence-corrected chi connectivity index (χ1v) is 9.45. The minimum Gasteiger partial charge on any atom is -0.334 e. The smallest absolute Gasteiger partial charge is 0.264 e. The number of anilines is 2. The second-order valence-electron chi connectivity index (χ2n) is 5.80. The van der Waals surface area contributed by atoms with E-state index >= 15 is 0 Å². The van der Waals surface area contributed by atoms with Crippen LogP contribution in [-0.2, 0) is 4.79 Å². The third-order valence-corrected chi connectivity index (χ3v) is 4.58. The zero-order valence-electron chi connectivity index (χ0n) is 15.4. The van der Waals surface area contributed by atoms with Crippen molar-refractivity contribution in [3.05, 3.63) is 59.9 Å². The van der Waals surface area contributed by atoms with E-state index in [1.54, 1.807) is 48.9 Å². The van der Waals surface area contributed by atoms with Crippen molar-refractivity contribution in [1.29, 1.82) is 0 Å². The van der Waals surface area contributed by atoms with Crippen molar-refractivity contribution in [3.63, 3.8) is 0 Å². The highest BCUT2D eigenvalue weighted by molar-refractivity contribution is 7.99. The molecule has 3 aromatic rings. The number of hydrogen-bond donors (Lipinski definition) is 3. The summed E-state index contributed by atoms with van der Waals surface area (Å²) in [5.74, 6) is 5.97. The van der Waals surface area contributed by atoms with E-state index in [0.29, 0.717) is 16.4 Å². The molecular weight excluding hydrogens is 392 g/mol. The number of nitrogens with zero attached hydrogens (tertiary/aromatic N) is 5. The average Bonchev–Trinajstić information content (AvgIpc) is 3.07. The predicted molar refractivity (Wildman–Crippen MR) is 111 cm³/mol. The number of pyridine rings is 1. The van der Waals surface area contributed by atoms with Crippen LogP contribution < -0.4 is 16.6 Å². The molecule has 0 unspecified atom stereocenters. The van der Waals surface area contributed by atoms with E-state index in [2.05, 4.69) is 31.0 Å². The molecule has 1 amide bonds. The lowest BCUT2D eigenvalue weighted by Crippen LogP contribution is -2.17. The number of amides is 1. The fourth-order valence-electron chi connectivity index (χ4n) is 2.18. The second-order valence-corrected chi connectivity index (χ2v) is 6.75. The number of nitrogens with one attached hydrogen (secondary N) is 2. The quantitative estimate of drug-likeness (QED) is 0.168. The van der Waals surface area contributed by atoms with Crippen LogP contribution in [0.15, 0.2) is 59.0 Å². The van der Waals surface area contributed by atoms with Crippen LogP contribution in [0.4, 0.5) is 11.6 Å². The molecule has 10 nitrogen and oxygen atoms in total. The van der Waals surface area contributed by atoms with Gasteiger partial charge in [-0.05, 0) is 37.3 Å². The molecule has 4 N–H and O–H groups in total. The van der Waals surface area contributed by atoms with Gasteiger partial charge in [-0.15, -0.1) is 10.2 Å². The number of carbonyl (C=O) groups excluding carboxylic acids is 2. The van der Waals surface area contributed by atoms with Crippen LogP contribution in [-0.4, -0.2) is 43.5 Å². The third kappa shape index (κ3) is 5.62. The van der Waals surface area contributed by atoms with Gasteiger partial charge in [0.05, 0.1) is 12.0 Å². The standard InChI is InChI=1S/C18H18N8O2S/c1-12(27)14-4-6-15(7-5-14)22-16(28)11-29-18-25-24-17(26(18)19)23-21-10-13-3-2-8-20-9-13/h2-10H,11,19H2,1H3,(H,22,28)(H,23,24)/b21-10+. The van der Waals surface area contributed by atoms with Crippen molar-refractivity contribution in [2.75, 3.05) is 22.3 Å². The van der Waals surface area contributed by atoms with Gasteiger partial charge in [-0.1, -0.05) is 17.8 Å². The molecule has 2 aromatic heterocycles. The van der Waals surface area contributed by atoms with Gasteiger partial charge in [0.1, 0.15) is 0 Å². The first-order valence-electron chi connectivity index (χ1n) is 8.46. The Morgan fingerprint density at radius 2 is 2.03 bits per heavy atom. The summed E-state index contributed by atoms with van der Waals surface area (Å²) < 4.78 is 1.21. The minimum atomic E-state index is -0.238. The molecule has 29 heavy (non-hydrogen) atoms. The van der Waals surface area contributed by atoms with E-state index in [1.807, 2.05) is 6.07 Å².